The van der Waals surface area contributed by atoms with Crippen LogP contribution in [0.1, 0.15) is 57.8 Å². The highest BCUT2D eigenvalue weighted by Crippen LogP contribution is 2.23. The Morgan fingerprint density at radius 3 is 2.32 bits per heavy atom. The molecule has 0 aliphatic carbocycles. The van der Waals surface area contributed by atoms with E-state index < -0.39 is 17.2 Å². The number of terminal acetylenes is 1. The minimum Gasteiger partial charge on any atom is -0.456 e. The molecule has 0 spiro atoms. The largest absolute Gasteiger partial charge is 0.456 e. The maximum atomic E-state index is 12.7. The number of anilines is 1. The van der Waals surface area contributed by atoms with Crippen molar-refractivity contribution in [3.8, 4) is 18.4 Å². The van der Waals surface area contributed by atoms with Crippen molar-refractivity contribution in [3.05, 3.63) is 29.8 Å². The van der Waals surface area contributed by atoms with Crippen LogP contribution in [0, 0.1) is 23.7 Å². The van der Waals surface area contributed by atoms with E-state index in [2.05, 4.69) is 22.6 Å². The van der Waals surface area contributed by atoms with E-state index in [0.717, 1.165) is 5.69 Å². The van der Waals surface area contributed by atoms with Crippen molar-refractivity contribution in [1.29, 1.82) is 5.26 Å². The predicted molar refractivity (Wildman–Crippen MR) is 120 cm³/mol. The predicted octanol–water partition coefficient (Wildman–Crippen LogP) is 2.94. The van der Waals surface area contributed by atoms with Crippen molar-refractivity contribution in [2.75, 3.05) is 18.4 Å². The smallest absolute Gasteiger partial charge is 0.338 e. The molecule has 2 rings (SSSR count). The lowest BCUT2D eigenvalue weighted by Gasteiger charge is -2.30. The minimum atomic E-state index is -0.538. The van der Waals surface area contributed by atoms with Crippen LogP contribution in [-0.4, -0.2) is 53.1 Å². The molecular weight excluding hydrogens is 392 g/mol. The van der Waals surface area contributed by atoms with Crippen LogP contribution in [0.3, 0.4) is 0 Å². The Kier molecular flexibility index (Phi) is 7.70. The van der Waals surface area contributed by atoms with Gasteiger partial charge in [-0.2, -0.15) is 5.26 Å². The summed E-state index contributed by atoms with van der Waals surface area (Å²) in [6, 6.07) is 8.46. The van der Waals surface area contributed by atoms with Crippen molar-refractivity contribution in [2.24, 2.45) is 0 Å². The second kappa shape index (κ2) is 9.85. The summed E-state index contributed by atoms with van der Waals surface area (Å²) in [6.07, 6.45) is 6.79. The number of nitriles is 1. The molecule has 1 aromatic rings. The summed E-state index contributed by atoms with van der Waals surface area (Å²) < 4.78 is 5.37. The number of esters is 1. The van der Waals surface area contributed by atoms with Gasteiger partial charge in [0.05, 0.1) is 24.2 Å². The molecule has 1 aliphatic rings. The number of rotatable bonds is 7. The van der Waals surface area contributed by atoms with Gasteiger partial charge >= 0.3 is 5.97 Å². The lowest BCUT2D eigenvalue weighted by atomic mass is 10.1. The molecule has 1 aromatic carbocycles. The molecule has 0 bridgehead atoms. The highest BCUT2D eigenvalue weighted by Gasteiger charge is 2.36. The van der Waals surface area contributed by atoms with Gasteiger partial charge in [-0.1, -0.05) is 5.92 Å². The average Bonchev–Trinajstić information content (AvgIpc) is 3.13. The van der Waals surface area contributed by atoms with Crippen molar-refractivity contribution in [3.63, 3.8) is 0 Å². The van der Waals surface area contributed by atoms with Gasteiger partial charge in [0, 0.05) is 17.8 Å². The normalized spacial score (nSPS) is 18.7. The lowest BCUT2D eigenvalue weighted by Crippen LogP contribution is -2.51. The number of amides is 1. The summed E-state index contributed by atoms with van der Waals surface area (Å²) in [7, 11) is 0. The summed E-state index contributed by atoms with van der Waals surface area (Å²) in [6.45, 7) is 10.1. The highest BCUT2D eigenvalue weighted by molar-refractivity contribution is 5.90. The molecular formula is C24H32N4O3. The SMILES string of the molecule is C#C[C@H]1CC[C@@H](C#N)N1C(=O)CNC(C)(C)CNc1ccc(C(=O)OC(C)(C)C)cc1. The van der Waals surface area contributed by atoms with Crippen LogP contribution in [0.25, 0.3) is 0 Å². The van der Waals surface area contributed by atoms with Gasteiger partial charge in [0.15, 0.2) is 0 Å². The van der Waals surface area contributed by atoms with Crippen LogP contribution in [0.5, 0.6) is 0 Å². The van der Waals surface area contributed by atoms with Gasteiger partial charge in [0.2, 0.25) is 5.91 Å². The monoisotopic (exact) mass is 424 g/mol. The number of hydrogen-bond donors (Lipinski definition) is 2. The molecule has 0 radical (unpaired) electrons. The van der Waals surface area contributed by atoms with E-state index in [0.29, 0.717) is 24.9 Å². The molecule has 2 N–H and O–H groups in total. The second-order valence-corrected chi connectivity index (χ2v) is 9.38. The third-order valence-electron chi connectivity index (χ3n) is 4.99. The van der Waals surface area contributed by atoms with Crippen molar-refractivity contribution in [1.82, 2.24) is 10.2 Å². The van der Waals surface area contributed by atoms with Gasteiger partial charge in [-0.05, 0) is 71.7 Å². The third-order valence-corrected chi connectivity index (χ3v) is 4.99. The zero-order chi connectivity index (χ0) is 23.2. The number of likely N-dealkylation sites (tertiary alicyclic amines) is 1. The van der Waals surface area contributed by atoms with Crippen LogP contribution in [0.15, 0.2) is 24.3 Å². The van der Waals surface area contributed by atoms with E-state index in [1.807, 2.05) is 46.8 Å². The molecule has 1 aliphatic heterocycles. The maximum absolute atomic E-state index is 12.7. The first-order valence-electron chi connectivity index (χ1n) is 10.4. The molecule has 0 unspecified atom stereocenters. The fourth-order valence-corrected chi connectivity index (χ4v) is 3.30. The second-order valence-electron chi connectivity index (χ2n) is 9.38. The van der Waals surface area contributed by atoms with Crippen molar-refractivity contribution >= 4 is 17.6 Å². The van der Waals surface area contributed by atoms with Gasteiger partial charge in [0.25, 0.3) is 0 Å². The van der Waals surface area contributed by atoms with Crippen LogP contribution < -0.4 is 10.6 Å². The van der Waals surface area contributed by atoms with E-state index in [4.69, 9.17) is 11.2 Å². The first kappa shape index (κ1) is 24.2. The Morgan fingerprint density at radius 2 is 1.77 bits per heavy atom. The Labute approximate surface area is 185 Å². The lowest BCUT2D eigenvalue weighted by molar-refractivity contribution is -0.131. The number of nitrogens with one attached hydrogen (secondary N) is 2. The van der Waals surface area contributed by atoms with Gasteiger partial charge in [-0.25, -0.2) is 4.79 Å². The average molecular weight is 425 g/mol. The zero-order valence-corrected chi connectivity index (χ0v) is 19.0. The van der Waals surface area contributed by atoms with Gasteiger partial charge < -0.3 is 20.3 Å². The van der Waals surface area contributed by atoms with E-state index in [1.54, 1.807) is 12.1 Å². The quantitative estimate of drug-likeness (QED) is 0.516. The van der Waals surface area contributed by atoms with Crippen molar-refractivity contribution in [2.45, 2.75) is 70.7 Å². The molecule has 1 fully saturated rings. The Morgan fingerprint density at radius 1 is 1.16 bits per heavy atom. The van der Waals surface area contributed by atoms with E-state index in [-0.39, 0.29) is 24.5 Å². The molecule has 1 saturated heterocycles. The zero-order valence-electron chi connectivity index (χ0n) is 19.0. The van der Waals surface area contributed by atoms with E-state index in [9.17, 15) is 14.9 Å². The summed E-state index contributed by atoms with van der Waals surface area (Å²) >= 11 is 0. The summed E-state index contributed by atoms with van der Waals surface area (Å²) in [4.78, 5) is 26.3. The molecule has 7 nitrogen and oxygen atoms in total. The summed E-state index contributed by atoms with van der Waals surface area (Å²) in [5, 5.41) is 15.8. The van der Waals surface area contributed by atoms with Crippen LogP contribution in [-0.2, 0) is 9.53 Å². The molecule has 1 amide bonds. The van der Waals surface area contributed by atoms with Gasteiger partial charge in [-0.3, -0.25) is 4.79 Å². The molecule has 0 aromatic heterocycles. The standard InChI is InChI=1S/C24H32N4O3/c1-7-19-12-13-20(14-25)28(19)21(29)15-27-24(5,6)16-26-18-10-8-17(9-11-18)22(30)31-23(2,3)4/h1,8-11,19-20,26-27H,12-13,15-16H2,2-6H3/t19-,20-/m0/s1. The Hall–Kier alpha value is -3.03. The molecule has 166 valence electrons. The topological polar surface area (TPSA) is 94.5 Å². The number of nitrogens with zero attached hydrogens (tertiary/aromatic N) is 2. The van der Waals surface area contributed by atoms with Crippen molar-refractivity contribution < 1.29 is 14.3 Å². The Bertz CT molecular complexity index is 850. The fourth-order valence-electron chi connectivity index (χ4n) is 3.30. The fraction of sp³-hybridized carbons (Fsp3) is 0.542. The van der Waals surface area contributed by atoms with Crippen LogP contribution >= 0.6 is 0 Å². The van der Waals surface area contributed by atoms with Gasteiger partial charge in [-0.15, -0.1) is 6.42 Å². The van der Waals surface area contributed by atoms with E-state index >= 15 is 0 Å². The van der Waals surface area contributed by atoms with Crippen LogP contribution in [0.4, 0.5) is 5.69 Å². The van der Waals surface area contributed by atoms with E-state index in [1.165, 1.54) is 4.90 Å². The first-order chi connectivity index (χ1) is 14.5. The maximum Gasteiger partial charge on any atom is 0.338 e. The third kappa shape index (κ3) is 7.01. The summed E-state index contributed by atoms with van der Waals surface area (Å²) in [5.41, 5.74) is 0.408. The molecule has 2 atom stereocenters. The number of ether oxygens (including phenoxy) is 1. The number of hydrogen-bond acceptors (Lipinski definition) is 6. The minimum absolute atomic E-state index is 0.0998. The first-order valence-corrected chi connectivity index (χ1v) is 10.4. The molecule has 1 heterocycles. The number of carbonyl (C=O) groups is 2. The highest BCUT2D eigenvalue weighted by atomic mass is 16.6. The molecule has 7 heteroatoms. The van der Waals surface area contributed by atoms with Gasteiger partial charge in [0.1, 0.15) is 11.6 Å². The summed E-state index contributed by atoms with van der Waals surface area (Å²) in [5.74, 6) is 2.08. The number of carbonyl (C=O) groups excluding carboxylic acids is 2. The molecule has 0 saturated carbocycles. The number of benzene rings is 1. The van der Waals surface area contributed by atoms with Crippen LogP contribution in [0.2, 0.25) is 0 Å². The Balaban J connectivity index is 1.87. The molecule has 31 heavy (non-hydrogen) atoms.